The first-order chi connectivity index (χ1) is 16.0. The Hall–Kier alpha value is -2.31. The number of methoxy groups -OCH3 is 1. The van der Waals surface area contributed by atoms with Crippen molar-refractivity contribution in [3.63, 3.8) is 0 Å². The van der Waals surface area contributed by atoms with Gasteiger partial charge in [0.2, 0.25) is 11.8 Å². The Balaban J connectivity index is 1.67. The monoisotopic (exact) mass is 492 g/mol. The standard InChI is InChI=1S/C22H29F5N4O3/c1-21(11-23,20(24)25)34-9-14(28)19-30-15-4-3-13(6-16(15)31-19)17(10-33-2)29-18(32)5-12-7-22(26,27)8-12/h3-4,6,12,14,17,20H,5,7-11,28H2,1-2H3,(H,29,32)(H,30,31)/t14-,17?,21?/m0/s1. The first-order valence-corrected chi connectivity index (χ1v) is 10.9. The van der Waals surface area contributed by atoms with E-state index in [1.807, 2.05) is 0 Å². The highest BCUT2D eigenvalue weighted by molar-refractivity contribution is 5.78. The summed E-state index contributed by atoms with van der Waals surface area (Å²) >= 11 is 0. The second kappa shape index (κ2) is 10.5. The summed E-state index contributed by atoms with van der Waals surface area (Å²) in [6.45, 7) is -0.620. The lowest BCUT2D eigenvalue weighted by atomic mass is 9.79. The minimum Gasteiger partial charge on any atom is -0.382 e. The summed E-state index contributed by atoms with van der Waals surface area (Å²) in [5.41, 5.74) is 5.53. The number of H-pyrrole nitrogens is 1. The van der Waals surface area contributed by atoms with Crippen molar-refractivity contribution in [1.82, 2.24) is 15.3 Å². The zero-order valence-corrected chi connectivity index (χ0v) is 18.9. The van der Waals surface area contributed by atoms with Crippen LogP contribution in [0.4, 0.5) is 22.0 Å². The summed E-state index contributed by atoms with van der Waals surface area (Å²) in [4.78, 5) is 19.7. The number of aromatic amines is 1. The van der Waals surface area contributed by atoms with Gasteiger partial charge in [-0.1, -0.05) is 6.07 Å². The van der Waals surface area contributed by atoms with Gasteiger partial charge >= 0.3 is 0 Å². The molecule has 4 N–H and O–H groups in total. The van der Waals surface area contributed by atoms with Gasteiger partial charge in [0.15, 0.2) is 5.60 Å². The average Bonchev–Trinajstić information content (AvgIpc) is 3.19. The fourth-order valence-corrected chi connectivity index (χ4v) is 3.79. The molecule has 12 heteroatoms. The van der Waals surface area contributed by atoms with Crippen molar-refractivity contribution in [1.29, 1.82) is 0 Å². The molecule has 7 nitrogen and oxygen atoms in total. The van der Waals surface area contributed by atoms with Gasteiger partial charge in [-0.05, 0) is 30.5 Å². The maximum absolute atomic E-state index is 13.0. The number of ether oxygens (including phenoxy) is 2. The first kappa shape index (κ1) is 26.3. The highest BCUT2D eigenvalue weighted by atomic mass is 19.3. The lowest BCUT2D eigenvalue weighted by Crippen LogP contribution is -2.41. The highest BCUT2D eigenvalue weighted by Gasteiger charge is 2.45. The molecule has 1 heterocycles. The third kappa shape index (κ3) is 6.22. The zero-order valence-electron chi connectivity index (χ0n) is 18.9. The number of nitrogens with zero attached hydrogens (tertiary/aromatic N) is 1. The summed E-state index contributed by atoms with van der Waals surface area (Å²) in [5.74, 6) is -3.11. The quantitative estimate of drug-likeness (QED) is 0.391. The van der Waals surface area contributed by atoms with Crippen molar-refractivity contribution in [3.05, 3.63) is 29.6 Å². The summed E-state index contributed by atoms with van der Waals surface area (Å²) < 4.78 is 75.2. The average molecular weight is 492 g/mol. The molecule has 0 aliphatic heterocycles. The number of amides is 1. The molecule has 0 saturated heterocycles. The van der Waals surface area contributed by atoms with Gasteiger partial charge in [0, 0.05) is 26.4 Å². The zero-order chi connectivity index (χ0) is 25.1. The van der Waals surface area contributed by atoms with Crippen LogP contribution in [0, 0.1) is 5.92 Å². The van der Waals surface area contributed by atoms with E-state index in [4.69, 9.17) is 15.2 Å². The Morgan fingerprint density at radius 2 is 2.06 bits per heavy atom. The highest BCUT2D eigenvalue weighted by Crippen LogP contribution is 2.44. The number of nitrogens with one attached hydrogen (secondary N) is 2. The predicted molar refractivity (Wildman–Crippen MR) is 114 cm³/mol. The number of fused-ring (bicyclic) bond motifs is 1. The largest absolute Gasteiger partial charge is 0.382 e. The molecule has 0 bridgehead atoms. The Morgan fingerprint density at radius 3 is 2.65 bits per heavy atom. The summed E-state index contributed by atoms with van der Waals surface area (Å²) in [6, 6.07) is 3.72. The molecule has 2 unspecified atom stereocenters. The van der Waals surface area contributed by atoms with Gasteiger partial charge in [-0.15, -0.1) is 0 Å². The molecule has 34 heavy (non-hydrogen) atoms. The smallest absolute Gasteiger partial charge is 0.269 e. The maximum atomic E-state index is 13.0. The molecule has 0 radical (unpaired) electrons. The lowest BCUT2D eigenvalue weighted by Gasteiger charge is -2.34. The van der Waals surface area contributed by atoms with E-state index in [2.05, 4.69) is 15.3 Å². The number of halogens is 5. The van der Waals surface area contributed by atoms with Gasteiger partial charge in [-0.3, -0.25) is 4.79 Å². The van der Waals surface area contributed by atoms with Crippen molar-refractivity contribution in [2.75, 3.05) is 27.0 Å². The van der Waals surface area contributed by atoms with Crippen LogP contribution in [0.15, 0.2) is 18.2 Å². The molecule has 3 rings (SSSR count). The fraction of sp³-hybridized carbons (Fsp3) is 0.636. The summed E-state index contributed by atoms with van der Waals surface area (Å²) in [5, 5.41) is 2.81. The molecular formula is C22H29F5N4O3. The van der Waals surface area contributed by atoms with Crippen LogP contribution in [-0.2, 0) is 14.3 Å². The number of rotatable bonds is 12. The van der Waals surface area contributed by atoms with Crippen molar-refractivity contribution in [2.24, 2.45) is 11.7 Å². The van der Waals surface area contributed by atoms with E-state index in [1.54, 1.807) is 18.2 Å². The van der Waals surface area contributed by atoms with Crippen LogP contribution in [0.25, 0.3) is 11.0 Å². The van der Waals surface area contributed by atoms with Gasteiger partial charge in [-0.2, -0.15) is 0 Å². The molecule has 1 aromatic heterocycles. The van der Waals surface area contributed by atoms with Gasteiger partial charge in [0.25, 0.3) is 6.43 Å². The number of carbonyl (C=O) groups excluding carboxylic acids is 1. The minimum atomic E-state index is -3.02. The van der Waals surface area contributed by atoms with Crippen LogP contribution < -0.4 is 11.1 Å². The molecule has 0 spiro atoms. The Labute approximate surface area is 193 Å². The lowest BCUT2D eigenvalue weighted by molar-refractivity contribution is -0.142. The van der Waals surface area contributed by atoms with E-state index in [0.717, 1.165) is 6.92 Å². The van der Waals surface area contributed by atoms with E-state index in [9.17, 15) is 26.7 Å². The molecule has 1 amide bonds. The van der Waals surface area contributed by atoms with Crippen LogP contribution in [0.3, 0.4) is 0 Å². The topological polar surface area (TPSA) is 102 Å². The van der Waals surface area contributed by atoms with Crippen LogP contribution in [0.2, 0.25) is 0 Å². The minimum absolute atomic E-state index is 0.00979. The van der Waals surface area contributed by atoms with Gasteiger partial charge in [0.1, 0.15) is 12.5 Å². The summed E-state index contributed by atoms with van der Waals surface area (Å²) in [6.07, 6.45) is -3.58. The van der Waals surface area contributed by atoms with Crippen molar-refractivity contribution in [3.8, 4) is 0 Å². The third-order valence-corrected chi connectivity index (χ3v) is 5.92. The molecule has 1 aliphatic rings. The van der Waals surface area contributed by atoms with Crippen LogP contribution in [0.1, 0.15) is 49.7 Å². The Morgan fingerprint density at radius 1 is 1.35 bits per heavy atom. The molecule has 1 fully saturated rings. The first-order valence-electron chi connectivity index (χ1n) is 10.9. The van der Waals surface area contributed by atoms with Crippen LogP contribution in [-0.4, -0.2) is 60.8 Å². The Bertz CT molecular complexity index is 981. The summed E-state index contributed by atoms with van der Waals surface area (Å²) in [7, 11) is 1.47. The number of aromatic nitrogens is 2. The Kier molecular flexibility index (Phi) is 8.14. The third-order valence-electron chi connectivity index (χ3n) is 5.92. The predicted octanol–water partition coefficient (Wildman–Crippen LogP) is 3.81. The van der Waals surface area contributed by atoms with Crippen LogP contribution >= 0.6 is 0 Å². The van der Waals surface area contributed by atoms with E-state index < -0.39 is 36.7 Å². The SMILES string of the molecule is COCC(NC(=O)CC1CC(F)(F)C1)c1ccc2[nH]c([C@@H](N)COC(C)(CF)C(F)F)nc2c1. The number of nitrogens with two attached hydrogens (primary N) is 1. The number of carbonyl (C=O) groups is 1. The molecule has 2 aromatic rings. The van der Waals surface area contributed by atoms with Gasteiger partial charge in [0.05, 0.1) is 36.3 Å². The second-order valence-electron chi connectivity index (χ2n) is 8.97. The van der Waals surface area contributed by atoms with E-state index >= 15 is 0 Å². The molecule has 3 atom stereocenters. The normalized spacial score (nSPS) is 19.6. The van der Waals surface area contributed by atoms with E-state index in [0.29, 0.717) is 16.6 Å². The van der Waals surface area contributed by atoms with Gasteiger partial charge < -0.3 is 25.5 Å². The van der Waals surface area contributed by atoms with Crippen molar-refractivity contribution in [2.45, 2.75) is 56.2 Å². The second-order valence-corrected chi connectivity index (χ2v) is 8.97. The van der Waals surface area contributed by atoms with Gasteiger partial charge in [-0.25, -0.2) is 26.9 Å². The molecular weight excluding hydrogens is 463 g/mol. The van der Waals surface area contributed by atoms with E-state index in [1.165, 1.54) is 7.11 Å². The van der Waals surface area contributed by atoms with Crippen molar-refractivity contribution >= 4 is 16.9 Å². The maximum Gasteiger partial charge on any atom is 0.269 e. The number of hydrogen-bond donors (Lipinski definition) is 3. The molecule has 1 saturated carbocycles. The van der Waals surface area contributed by atoms with Crippen molar-refractivity contribution < 1.29 is 36.2 Å². The fourth-order valence-electron chi connectivity index (χ4n) is 3.79. The number of alkyl halides is 5. The molecule has 1 aromatic carbocycles. The number of hydrogen-bond acceptors (Lipinski definition) is 5. The molecule has 1 aliphatic carbocycles. The van der Waals surface area contributed by atoms with Crippen LogP contribution in [0.5, 0.6) is 0 Å². The number of imidazole rings is 1. The number of benzene rings is 1. The molecule has 190 valence electrons. The van der Waals surface area contributed by atoms with E-state index in [-0.39, 0.29) is 50.1 Å².